The predicted octanol–water partition coefficient (Wildman–Crippen LogP) is 3.57. The first-order valence-electron chi connectivity index (χ1n) is 7.65. The number of nitrogens with zero attached hydrogens (tertiary/aromatic N) is 1. The molecular formula is C18H15F2N3O2S. The Labute approximate surface area is 152 Å². The van der Waals surface area contributed by atoms with Crippen LogP contribution >= 0.6 is 11.8 Å². The van der Waals surface area contributed by atoms with Gasteiger partial charge < -0.3 is 4.57 Å². The second-order valence-electron chi connectivity index (χ2n) is 5.48. The van der Waals surface area contributed by atoms with Crippen molar-refractivity contribution in [3.05, 3.63) is 65.9 Å². The van der Waals surface area contributed by atoms with E-state index < -0.39 is 17.6 Å². The summed E-state index contributed by atoms with van der Waals surface area (Å²) in [6, 6.07) is 13.1. The van der Waals surface area contributed by atoms with Crippen LogP contribution in [0.4, 0.5) is 8.78 Å². The van der Waals surface area contributed by atoms with Crippen molar-refractivity contribution in [1.82, 2.24) is 15.4 Å². The molecule has 2 N–H and O–H groups in total. The van der Waals surface area contributed by atoms with E-state index in [2.05, 4.69) is 10.9 Å². The van der Waals surface area contributed by atoms with E-state index in [1.54, 1.807) is 6.20 Å². The van der Waals surface area contributed by atoms with Gasteiger partial charge in [0.1, 0.15) is 0 Å². The summed E-state index contributed by atoms with van der Waals surface area (Å²) in [5, 5.41) is 0.773. The Hall–Kier alpha value is -2.87. The number of carbonyl (C=O) groups is 2. The maximum absolute atomic E-state index is 12.4. The van der Waals surface area contributed by atoms with Crippen molar-refractivity contribution in [3.8, 4) is 0 Å². The van der Waals surface area contributed by atoms with Crippen LogP contribution in [-0.2, 0) is 7.05 Å². The molecule has 134 valence electrons. The smallest absolute Gasteiger partial charge is 0.288 e. The lowest BCUT2D eigenvalue weighted by Crippen LogP contribution is -2.41. The quantitative estimate of drug-likeness (QED) is 0.541. The molecule has 0 bridgehead atoms. The zero-order valence-electron chi connectivity index (χ0n) is 13.7. The fourth-order valence-electron chi connectivity index (χ4n) is 2.56. The highest BCUT2D eigenvalue weighted by Crippen LogP contribution is 2.25. The van der Waals surface area contributed by atoms with Crippen LogP contribution < -0.4 is 10.9 Å². The van der Waals surface area contributed by atoms with Gasteiger partial charge in [-0.05, 0) is 30.3 Å². The van der Waals surface area contributed by atoms with Crippen LogP contribution in [0.25, 0.3) is 10.9 Å². The Bertz CT molecular complexity index is 955. The summed E-state index contributed by atoms with van der Waals surface area (Å²) >= 11 is 0.401. The number of benzene rings is 2. The minimum Gasteiger partial charge on any atom is -0.350 e. The van der Waals surface area contributed by atoms with Gasteiger partial charge in [-0.25, -0.2) is 0 Å². The monoisotopic (exact) mass is 375 g/mol. The first-order valence-corrected chi connectivity index (χ1v) is 8.53. The lowest BCUT2D eigenvalue weighted by Gasteiger charge is -2.07. The molecule has 3 aromatic rings. The van der Waals surface area contributed by atoms with E-state index in [-0.39, 0.29) is 5.56 Å². The molecule has 0 radical (unpaired) electrons. The predicted molar refractivity (Wildman–Crippen MR) is 96.2 cm³/mol. The van der Waals surface area contributed by atoms with Crippen molar-refractivity contribution in [2.24, 2.45) is 7.05 Å². The standard InChI is InChI=1S/C18H15F2N3O2S/c1-23-10-14(13-4-2-3-5-15(13)23)17(25)22-21-16(24)11-6-8-12(9-7-11)26-18(19)20/h2-10,18H,1H3,(H,21,24)(H,22,25). The van der Waals surface area contributed by atoms with Gasteiger partial charge in [-0.2, -0.15) is 8.78 Å². The van der Waals surface area contributed by atoms with E-state index in [0.717, 1.165) is 10.9 Å². The summed E-state index contributed by atoms with van der Waals surface area (Å²) in [5.74, 6) is -3.50. The van der Waals surface area contributed by atoms with Crippen molar-refractivity contribution in [1.29, 1.82) is 0 Å². The summed E-state index contributed by atoms with van der Waals surface area (Å²) in [6.07, 6.45) is 1.68. The molecule has 0 spiro atoms. The first-order chi connectivity index (χ1) is 12.5. The largest absolute Gasteiger partial charge is 0.350 e. The molecular weight excluding hydrogens is 360 g/mol. The second kappa shape index (κ2) is 7.57. The van der Waals surface area contributed by atoms with Crippen LogP contribution in [0.2, 0.25) is 0 Å². The van der Waals surface area contributed by atoms with Crippen LogP contribution in [0, 0.1) is 0 Å². The van der Waals surface area contributed by atoms with Gasteiger partial charge in [0, 0.05) is 34.6 Å². The van der Waals surface area contributed by atoms with Gasteiger partial charge in [-0.3, -0.25) is 20.4 Å². The Morgan fingerprint density at radius 2 is 1.65 bits per heavy atom. The fourth-order valence-corrected chi connectivity index (χ4v) is 3.06. The Balaban J connectivity index is 1.66. The molecule has 2 amide bonds. The molecule has 1 heterocycles. The maximum Gasteiger partial charge on any atom is 0.288 e. The van der Waals surface area contributed by atoms with Crippen LogP contribution in [0.5, 0.6) is 0 Å². The number of para-hydroxylation sites is 1. The van der Waals surface area contributed by atoms with Crippen molar-refractivity contribution in [2.75, 3.05) is 0 Å². The minimum absolute atomic E-state index is 0.252. The topological polar surface area (TPSA) is 63.1 Å². The molecule has 0 fully saturated rings. The third-order valence-electron chi connectivity index (χ3n) is 3.77. The highest BCUT2D eigenvalue weighted by Gasteiger charge is 2.15. The number of alkyl halides is 2. The van der Waals surface area contributed by atoms with Gasteiger partial charge in [0.05, 0.1) is 5.56 Å². The third-order valence-corrected chi connectivity index (χ3v) is 4.50. The minimum atomic E-state index is -2.52. The van der Waals surface area contributed by atoms with Gasteiger partial charge in [0.2, 0.25) is 0 Å². The lowest BCUT2D eigenvalue weighted by molar-refractivity contribution is 0.0847. The van der Waals surface area contributed by atoms with Crippen molar-refractivity contribution >= 4 is 34.5 Å². The number of nitrogens with one attached hydrogen (secondary N) is 2. The number of hydrogen-bond donors (Lipinski definition) is 2. The normalized spacial score (nSPS) is 10.9. The zero-order chi connectivity index (χ0) is 18.7. The number of hydrogen-bond acceptors (Lipinski definition) is 3. The number of fused-ring (bicyclic) bond motifs is 1. The van der Waals surface area contributed by atoms with E-state index >= 15 is 0 Å². The molecule has 0 aliphatic heterocycles. The van der Waals surface area contributed by atoms with Crippen molar-refractivity contribution < 1.29 is 18.4 Å². The van der Waals surface area contributed by atoms with Crippen LogP contribution in [-0.4, -0.2) is 22.1 Å². The Kier molecular flexibility index (Phi) is 5.22. The third kappa shape index (κ3) is 3.85. The average molecular weight is 375 g/mol. The summed E-state index contributed by atoms with van der Waals surface area (Å²) in [7, 11) is 1.83. The molecule has 1 aromatic heterocycles. The van der Waals surface area contributed by atoms with E-state index in [4.69, 9.17) is 0 Å². The molecule has 0 aliphatic rings. The molecule has 3 rings (SSSR count). The van der Waals surface area contributed by atoms with Crippen molar-refractivity contribution in [2.45, 2.75) is 10.7 Å². The molecule has 0 aliphatic carbocycles. The number of halogens is 2. The van der Waals surface area contributed by atoms with Gasteiger partial charge >= 0.3 is 0 Å². The Morgan fingerprint density at radius 1 is 1.00 bits per heavy atom. The second-order valence-corrected chi connectivity index (χ2v) is 6.55. The van der Waals surface area contributed by atoms with Crippen LogP contribution in [0.3, 0.4) is 0 Å². The fraction of sp³-hybridized carbons (Fsp3) is 0.111. The zero-order valence-corrected chi connectivity index (χ0v) is 14.5. The Morgan fingerprint density at radius 3 is 2.35 bits per heavy atom. The molecule has 5 nitrogen and oxygen atoms in total. The van der Waals surface area contributed by atoms with E-state index in [1.165, 1.54) is 24.3 Å². The number of carbonyl (C=O) groups excluding carboxylic acids is 2. The summed E-state index contributed by atoms with van der Waals surface area (Å²) in [6.45, 7) is 0. The van der Waals surface area contributed by atoms with Gasteiger partial charge in [-0.15, -0.1) is 0 Å². The molecule has 2 aromatic carbocycles. The molecule has 8 heteroatoms. The molecule has 0 saturated heterocycles. The van der Waals surface area contributed by atoms with E-state index in [0.29, 0.717) is 22.2 Å². The maximum atomic E-state index is 12.4. The van der Waals surface area contributed by atoms with Gasteiger partial charge in [0.15, 0.2) is 0 Å². The van der Waals surface area contributed by atoms with E-state index in [1.807, 2.05) is 35.9 Å². The number of aryl methyl sites for hydroxylation is 1. The van der Waals surface area contributed by atoms with Crippen LogP contribution in [0.15, 0.2) is 59.6 Å². The molecule has 0 unspecified atom stereocenters. The summed E-state index contributed by atoms with van der Waals surface area (Å²) in [5.41, 5.74) is 6.29. The molecule has 26 heavy (non-hydrogen) atoms. The molecule has 0 saturated carbocycles. The number of amides is 2. The summed E-state index contributed by atoms with van der Waals surface area (Å²) in [4.78, 5) is 24.8. The number of rotatable bonds is 4. The number of aromatic nitrogens is 1. The number of thioether (sulfide) groups is 1. The van der Waals surface area contributed by atoms with E-state index in [9.17, 15) is 18.4 Å². The highest BCUT2D eigenvalue weighted by atomic mass is 32.2. The average Bonchev–Trinajstić information content (AvgIpc) is 2.97. The first kappa shape index (κ1) is 17.9. The van der Waals surface area contributed by atoms with Gasteiger partial charge in [0.25, 0.3) is 17.6 Å². The lowest BCUT2D eigenvalue weighted by atomic mass is 10.2. The van der Waals surface area contributed by atoms with Crippen molar-refractivity contribution in [3.63, 3.8) is 0 Å². The molecule has 0 atom stereocenters. The highest BCUT2D eigenvalue weighted by molar-refractivity contribution is 7.99. The summed E-state index contributed by atoms with van der Waals surface area (Å²) < 4.78 is 26.4. The van der Waals surface area contributed by atoms with Gasteiger partial charge in [-0.1, -0.05) is 30.0 Å². The van der Waals surface area contributed by atoms with Crippen LogP contribution in [0.1, 0.15) is 20.7 Å². The number of hydrazine groups is 1. The SMILES string of the molecule is Cn1cc(C(=O)NNC(=O)c2ccc(SC(F)F)cc2)c2ccccc21.